The van der Waals surface area contributed by atoms with Crippen molar-refractivity contribution in [2.75, 3.05) is 20.3 Å². The van der Waals surface area contributed by atoms with Gasteiger partial charge < -0.3 is 15.2 Å². The van der Waals surface area contributed by atoms with Crippen LogP contribution in [0.4, 0.5) is 0 Å². The van der Waals surface area contributed by atoms with Crippen LogP contribution >= 0.6 is 11.6 Å². The summed E-state index contributed by atoms with van der Waals surface area (Å²) in [6, 6.07) is 4.78. The Hall–Kier alpha value is -1.26. The average Bonchev–Trinajstić information content (AvgIpc) is 2.25. The van der Waals surface area contributed by atoms with Crippen molar-refractivity contribution in [1.29, 1.82) is 0 Å². The Morgan fingerprint density at radius 2 is 2.33 bits per heavy atom. The number of methoxy groups -OCH3 is 1. The predicted molar refractivity (Wildman–Crippen MR) is 57.4 cm³/mol. The highest BCUT2D eigenvalue weighted by atomic mass is 35.5. The molecule has 0 fully saturated rings. The van der Waals surface area contributed by atoms with Gasteiger partial charge in [-0.1, -0.05) is 11.6 Å². The summed E-state index contributed by atoms with van der Waals surface area (Å²) in [4.78, 5) is 11.6. The Bertz CT molecular complexity index is 355. The first-order valence-electron chi connectivity index (χ1n) is 4.41. The molecule has 4 nitrogen and oxygen atoms in total. The number of hydrogen-bond donors (Lipinski definition) is 2. The van der Waals surface area contributed by atoms with E-state index in [1.54, 1.807) is 12.1 Å². The smallest absolute Gasteiger partial charge is 0.255 e. The fourth-order valence-corrected chi connectivity index (χ4v) is 1.29. The van der Waals surface area contributed by atoms with Gasteiger partial charge in [-0.3, -0.25) is 4.79 Å². The monoisotopic (exact) mass is 229 g/mol. The van der Waals surface area contributed by atoms with E-state index in [4.69, 9.17) is 21.4 Å². The minimum Gasteiger partial charge on any atom is -0.496 e. The van der Waals surface area contributed by atoms with Gasteiger partial charge in [0.25, 0.3) is 5.91 Å². The van der Waals surface area contributed by atoms with Crippen LogP contribution in [0.2, 0.25) is 5.02 Å². The number of aliphatic hydroxyl groups is 1. The van der Waals surface area contributed by atoms with Gasteiger partial charge in [-0.2, -0.15) is 0 Å². The molecule has 1 rings (SSSR count). The topological polar surface area (TPSA) is 58.6 Å². The van der Waals surface area contributed by atoms with Crippen molar-refractivity contribution in [2.45, 2.75) is 0 Å². The van der Waals surface area contributed by atoms with E-state index in [-0.39, 0.29) is 19.1 Å². The van der Waals surface area contributed by atoms with E-state index in [2.05, 4.69) is 5.32 Å². The van der Waals surface area contributed by atoms with Crippen molar-refractivity contribution >= 4 is 17.5 Å². The summed E-state index contributed by atoms with van der Waals surface area (Å²) in [6.07, 6.45) is 0. The van der Waals surface area contributed by atoms with Gasteiger partial charge in [-0.05, 0) is 18.2 Å². The lowest BCUT2D eigenvalue weighted by Gasteiger charge is -2.08. The maximum Gasteiger partial charge on any atom is 0.255 e. The van der Waals surface area contributed by atoms with Crippen LogP contribution < -0.4 is 10.1 Å². The number of amides is 1. The number of carbonyl (C=O) groups is 1. The number of aliphatic hydroxyl groups excluding tert-OH is 1. The molecule has 82 valence electrons. The van der Waals surface area contributed by atoms with Gasteiger partial charge in [0.2, 0.25) is 0 Å². The summed E-state index contributed by atoms with van der Waals surface area (Å²) < 4.78 is 5.02. The molecule has 0 saturated carbocycles. The van der Waals surface area contributed by atoms with Crippen LogP contribution in [0.5, 0.6) is 5.75 Å². The molecule has 0 spiro atoms. The van der Waals surface area contributed by atoms with E-state index in [1.165, 1.54) is 13.2 Å². The fourth-order valence-electron chi connectivity index (χ4n) is 1.12. The third-order valence-corrected chi connectivity index (χ3v) is 2.04. The van der Waals surface area contributed by atoms with Crippen molar-refractivity contribution in [1.82, 2.24) is 5.32 Å². The minimum atomic E-state index is -0.316. The Balaban J connectivity index is 2.90. The number of nitrogens with one attached hydrogen (secondary N) is 1. The number of hydrogen-bond acceptors (Lipinski definition) is 3. The molecular formula is C10H12ClNO3. The van der Waals surface area contributed by atoms with Crippen molar-refractivity contribution < 1.29 is 14.6 Å². The Labute approximate surface area is 92.8 Å². The Morgan fingerprint density at radius 1 is 1.60 bits per heavy atom. The summed E-state index contributed by atoms with van der Waals surface area (Å²) in [6.45, 7) is 0.100. The summed E-state index contributed by atoms with van der Waals surface area (Å²) >= 11 is 5.77. The van der Waals surface area contributed by atoms with Gasteiger partial charge >= 0.3 is 0 Å². The quantitative estimate of drug-likeness (QED) is 0.812. The molecule has 0 aliphatic carbocycles. The van der Waals surface area contributed by atoms with Crippen LogP contribution in [0.3, 0.4) is 0 Å². The highest BCUT2D eigenvalue weighted by molar-refractivity contribution is 6.31. The molecular weight excluding hydrogens is 218 g/mol. The van der Waals surface area contributed by atoms with E-state index in [0.717, 1.165) is 0 Å². The molecule has 5 heteroatoms. The lowest BCUT2D eigenvalue weighted by molar-refractivity contribution is 0.0941. The summed E-state index contributed by atoms with van der Waals surface area (Å²) in [5.74, 6) is 0.137. The van der Waals surface area contributed by atoms with Gasteiger partial charge in [-0.25, -0.2) is 0 Å². The number of rotatable bonds is 4. The van der Waals surface area contributed by atoms with Crippen LogP contribution in [0, 0.1) is 0 Å². The average molecular weight is 230 g/mol. The van der Waals surface area contributed by atoms with E-state index in [9.17, 15) is 4.79 Å². The van der Waals surface area contributed by atoms with Crippen LogP contribution in [0.25, 0.3) is 0 Å². The molecule has 0 atom stereocenters. The van der Waals surface area contributed by atoms with E-state index < -0.39 is 0 Å². The molecule has 0 aliphatic heterocycles. The standard InChI is InChI=1S/C10H12ClNO3/c1-15-9-3-2-7(11)6-8(9)10(14)12-4-5-13/h2-3,6,13H,4-5H2,1H3,(H,12,14). The molecule has 0 aliphatic rings. The second kappa shape index (κ2) is 5.58. The number of ether oxygens (including phenoxy) is 1. The molecule has 0 unspecified atom stereocenters. The third kappa shape index (κ3) is 3.11. The van der Waals surface area contributed by atoms with Crippen LogP contribution in [-0.2, 0) is 0 Å². The maximum atomic E-state index is 11.6. The molecule has 0 saturated heterocycles. The zero-order chi connectivity index (χ0) is 11.3. The Kier molecular flexibility index (Phi) is 4.39. The van der Waals surface area contributed by atoms with E-state index in [0.29, 0.717) is 16.3 Å². The zero-order valence-corrected chi connectivity index (χ0v) is 9.04. The van der Waals surface area contributed by atoms with Crippen LogP contribution in [-0.4, -0.2) is 31.3 Å². The number of halogens is 1. The highest BCUT2D eigenvalue weighted by Gasteiger charge is 2.11. The SMILES string of the molecule is COc1ccc(Cl)cc1C(=O)NCCO. The lowest BCUT2D eigenvalue weighted by atomic mass is 10.2. The number of benzene rings is 1. The van der Waals surface area contributed by atoms with Crippen molar-refractivity contribution in [3.8, 4) is 5.75 Å². The van der Waals surface area contributed by atoms with Crippen molar-refractivity contribution in [2.24, 2.45) is 0 Å². The summed E-state index contributed by atoms with van der Waals surface area (Å²) in [7, 11) is 1.48. The number of carbonyl (C=O) groups excluding carboxylic acids is 1. The molecule has 1 aromatic rings. The second-order valence-corrected chi connectivity index (χ2v) is 3.26. The molecule has 2 N–H and O–H groups in total. The molecule has 1 aromatic carbocycles. The minimum absolute atomic E-state index is 0.103. The zero-order valence-electron chi connectivity index (χ0n) is 8.29. The van der Waals surface area contributed by atoms with Crippen LogP contribution in [0.1, 0.15) is 10.4 Å². The van der Waals surface area contributed by atoms with Gasteiger partial charge in [0.15, 0.2) is 0 Å². The predicted octanol–water partition coefficient (Wildman–Crippen LogP) is 1.07. The highest BCUT2D eigenvalue weighted by Crippen LogP contribution is 2.22. The molecule has 0 heterocycles. The molecule has 0 aromatic heterocycles. The maximum absolute atomic E-state index is 11.6. The first kappa shape index (κ1) is 11.8. The van der Waals surface area contributed by atoms with E-state index >= 15 is 0 Å². The third-order valence-electron chi connectivity index (χ3n) is 1.80. The molecule has 0 bridgehead atoms. The van der Waals surface area contributed by atoms with Crippen molar-refractivity contribution in [3.05, 3.63) is 28.8 Å². The van der Waals surface area contributed by atoms with Gasteiger partial charge in [0.05, 0.1) is 19.3 Å². The normalized spacial score (nSPS) is 9.80. The fraction of sp³-hybridized carbons (Fsp3) is 0.300. The summed E-state index contributed by atoms with van der Waals surface area (Å²) in [5.41, 5.74) is 0.360. The molecule has 1 amide bonds. The Morgan fingerprint density at radius 3 is 2.93 bits per heavy atom. The lowest BCUT2D eigenvalue weighted by Crippen LogP contribution is -2.26. The first-order valence-corrected chi connectivity index (χ1v) is 4.79. The summed E-state index contributed by atoms with van der Waals surface area (Å²) in [5, 5.41) is 11.6. The second-order valence-electron chi connectivity index (χ2n) is 2.82. The van der Waals surface area contributed by atoms with Gasteiger partial charge in [-0.15, -0.1) is 0 Å². The first-order chi connectivity index (χ1) is 7.19. The van der Waals surface area contributed by atoms with E-state index in [1.807, 2.05) is 0 Å². The van der Waals surface area contributed by atoms with Crippen molar-refractivity contribution in [3.63, 3.8) is 0 Å². The molecule has 0 radical (unpaired) electrons. The van der Waals surface area contributed by atoms with Crippen LogP contribution in [0.15, 0.2) is 18.2 Å². The largest absolute Gasteiger partial charge is 0.496 e. The molecule has 15 heavy (non-hydrogen) atoms. The van der Waals surface area contributed by atoms with Gasteiger partial charge in [0, 0.05) is 11.6 Å². The van der Waals surface area contributed by atoms with Gasteiger partial charge in [0.1, 0.15) is 5.75 Å².